The van der Waals surface area contributed by atoms with Crippen molar-refractivity contribution in [2.45, 2.75) is 39.3 Å². The van der Waals surface area contributed by atoms with Crippen LogP contribution in [-0.2, 0) is 18.4 Å². The maximum Gasteiger partial charge on any atom is 0.255 e. The van der Waals surface area contributed by atoms with Gasteiger partial charge >= 0.3 is 0 Å². The average molecular weight is 593 g/mol. The molecule has 0 aliphatic rings. The highest BCUT2D eigenvalue weighted by molar-refractivity contribution is 5.89. The van der Waals surface area contributed by atoms with Gasteiger partial charge in [-0.2, -0.15) is 0 Å². The second-order valence-electron chi connectivity index (χ2n) is 11.3. The molecule has 0 bridgehead atoms. The number of pyridine rings is 1. The van der Waals surface area contributed by atoms with Crippen molar-refractivity contribution < 1.29 is 9.90 Å². The zero-order valence-corrected chi connectivity index (χ0v) is 25.5. The van der Waals surface area contributed by atoms with E-state index >= 15 is 0 Å². The van der Waals surface area contributed by atoms with E-state index in [0.717, 1.165) is 44.7 Å². The van der Waals surface area contributed by atoms with Crippen LogP contribution in [0.2, 0.25) is 0 Å². The Morgan fingerprint density at radius 1 is 1.11 bits per heavy atom. The van der Waals surface area contributed by atoms with Crippen molar-refractivity contribution in [1.82, 2.24) is 19.4 Å². The molecule has 3 N–H and O–H groups in total. The Hall–Kier alpha value is -5.09. The molecule has 10 nitrogen and oxygen atoms in total. The standard InChI is InChI=1S/C34H36N6O4/c1-20-14-24(7-10-28(20)21(2)19-41)32(37-26-8-6-23-12-13-35-33(42)30(23)16-26)34(43)39(4)18-25-15-27(38-44)9-11-29(25)31-17-36-22(3)40(31)5/h6-17,21,32,37,41H,18-19H2,1-5H3,(H,35,42)/t21-,32?/m0/s1. The van der Waals surface area contributed by atoms with E-state index in [1.807, 2.05) is 74.9 Å². The number of carbonyl (C=O) groups is 1. The summed E-state index contributed by atoms with van der Waals surface area (Å²) < 4.78 is 1.96. The molecule has 0 saturated heterocycles. The topological polar surface area (TPSA) is 133 Å². The first-order valence-electron chi connectivity index (χ1n) is 14.4. The van der Waals surface area contributed by atoms with Crippen molar-refractivity contribution in [1.29, 1.82) is 0 Å². The number of rotatable bonds is 10. The molecular formula is C34H36N6O4. The largest absolute Gasteiger partial charge is 0.396 e. The summed E-state index contributed by atoms with van der Waals surface area (Å²) in [7, 11) is 3.64. The van der Waals surface area contributed by atoms with Gasteiger partial charge in [0.25, 0.3) is 5.56 Å². The van der Waals surface area contributed by atoms with Gasteiger partial charge in [0, 0.05) is 56.0 Å². The van der Waals surface area contributed by atoms with Crippen LogP contribution in [0.25, 0.3) is 22.0 Å². The Morgan fingerprint density at radius 3 is 2.59 bits per heavy atom. The second kappa shape index (κ2) is 12.6. The highest BCUT2D eigenvalue weighted by Crippen LogP contribution is 2.31. The third-order valence-corrected chi connectivity index (χ3v) is 8.24. The van der Waals surface area contributed by atoms with Crippen LogP contribution >= 0.6 is 0 Å². The number of carbonyl (C=O) groups excluding carboxylic acids is 1. The zero-order chi connectivity index (χ0) is 31.5. The van der Waals surface area contributed by atoms with Crippen LogP contribution in [0.15, 0.2) is 83.0 Å². The Kier molecular flexibility index (Phi) is 8.73. The summed E-state index contributed by atoms with van der Waals surface area (Å²) in [5, 5.41) is 17.5. The summed E-state index contributed by atoms with van der Waals surface area (Å²) in [6.07, 6.45) is 3.38. The Bertz CT molecular complexity index is 1910. The number of aromatic nitrogens is 3. The molecule has 2 atom stereocenters. The Labute approximate surface area is 255 Å². The summed E-state index contributed by atoms with van der Waals surface area (Å²) in [4.78, 5) is 47.0. The predicted molar refractivity (Wildman–Crippen MR) is 173 cm³/mol. The second-order valence-corrected chi connectivity index (χ2v) is 11.3. The minimum Gasteiger partial charge on any atom is -0.396 e. The average Bonchev–Trinajstić information content (AvgIpc) is 3.36. The van der Waals surface area contributed by atoms with E-state index in [2.05, 4.69) is 20.5 Å². The number of likely N-dealkylation sites (N-methyl/N-ethyl adjacent to an activating group) is 1. The number of amides is 1. The molecule has 5 rings (SSSR count). The number of hydrogen-bond acceptors (Lipinski definition) is 7. The van der Waals surface area contributed by atoms with Gasteiger partial charge < -0.3 is 24.9 Å². The number of aromatic amines is 1. The Balaban J connectivity index is 1.54. The maximum absolute atomic E-state index is 14.3. The number of nitrogens with one attached hydrogen (secondary N) is 2. The van der Waals surface area contributed by atoms with Gasteiger partial charge in [0.1, 0.15) is 17.6 Å². The quantitative estimate of drug-likeness (QED) is 0.174. The number of nitroso groups, excluding NO2 is 1. The fourth-order valence-corrected chi connectivity index (χ4v) is 5.58. The van der Waals surface area contributed by atoms with Crippen LogP contribution < -0.4 is 10.9 Å². The van der Waals surface area contributed by atoms with Crippen molar-refractivity contribution in [2.24, 2.45) is 12.2 Å². The molecule has 226 valence electrons. The van der Waals surface area contributed by atoms with E-state index in [-0.39, 0.29) is 36.2 Å². The molecule has 0 aliphatic carbocycles. The highest BCUT2D eigenvalue weighted by atomic mass is 16.3. The normalized spacial score (nSPS) is 12.6. The minimum atomic E-state index is -0.799. The predicted octanol–water partition coefficient (Wildman–Crippen LogP) is 5.85. The van der Waals surface area contributed by atoms with Gasteiger partial charge in [0.2, 0.25) is 5.91 Å². The number of aliphatic hydroxyl groups excluding tert-OH is 1. The number of nitrogens with zero attached hydrogens (tertiary/aromatic N) is 4. The van der Waals surface area contributed by atoms with E-state index in [1.165, 1.54) is 0 Å². The molecule has 0 fully saturated rings. The highest BCUT2D eigenvalue weighted by Gasteiger charge is 2.26. The van der Waals surface area contributed by atoms with Crippen molar-refractivity contribution in [2.75, 3.05) is 19.0 Å². The number of benzene rings is 3. The number of H-pyrrole nitrogens is 1. The molecule has 0 radical (unpaired) electrons. The van der Waals surface area contributed by atoms with Crippen molar-refractivity contribution in [3.63, 3.8) is 0 Å². The van der Waals surface area contributed by atoms with Crippen LogP contribution in [0.5, 0.6) is 0 Å². The molecule has 10 heteroatoms. The molecule has 0 saturated carbocycles. The molecule has 1 amide bonds. The van der Waals surface area contributed by atoms with E-state index < -0.39 is 6.04 Å². The minimum absolute atomic E-state index is 0.0163. The van der Waals surface area contributed by atoms with E-state index in [4.69, 9.17) is 0 Å². The molecule has 2 heterocycles. The maximum atomic E-state index is 14.3. The van der Waals surface area contributed by atoms with Gasteiger partial charge in [-0.25, -0.2) is 4.98 Å². The van der Waals surface area contributed by atoms with Crippen LogP contribution in [0.1, 0.15) is 47.0 Å². The molecular weight excluding hydrogens is 556 g/mol. The van der Waals surface area contributed by atoms with E-state index in [0.29, 0.717) is 11.1 Å². The lowest BCUT2D eigenvalue weighted by Gasteiger charge is -2.27. The van der Waals surface area contributed by atoms with Crippen LogP contribution in [0, 0.1) is 18.8 Å². The van der Waals surface area contributed by atoms with Crippen molar-refractivity contribution >= 4 is 28.1 Å². The Morgan fingerprint density at radius 2 is 1.91 bits per heavy atom. The fourth-order valence-electron chi connectivity index (χ4n) is 5.58. The molecule has 5 aromatic rings. The monoisotopic (exact) mass is 592 g/mol. The van der Waals surface area contributed by atoms with Gasteiger partial charge in [-0.05, 0) is 77.0 Å². The van der Waals surface area contributed by atoms with Crippen molar-refractivity contribution in [3.8, 4) is 11.3 Å². The summed E-state index contributed by atoms with van der Waals surface area (Å²) in [5.74, 6) is 0.570. The van der Waals surface area contributed by atoms with Gasteiger partial charge in [-0.15, -0.1) is 4.91 Å². The molecule has 44 heavy (non-hydrogen) atoms. The number of imidazole rings is 1. The summed E-state index contributed by atoms with van der Waals surface area (Å²) >= 11 is 0. The summed E-state index contributed by atoms with van der Waals surface area (Å²) in [6, 6.07) is 17.4. The molecule has 0 spiro atoms. The lowest BCUT2D eigenvalue weighted by atomic mass is 9.93. The first-order valence-corrected chi connectivity index (χ1v) is 14.4. The summed E-state index contributed by atoms with van der Waals surface area (Å²) in [5.41, 5.74) is 5.82. The number of aryl methyl sites for hydroxylation is 2. The number of anilines is 1. The van der Waals surface area contributed by atoms with Gasteiger partial charge in [-0.1, -0.05) is 37.3 Å². The summed E-state index contributed by atoms with van der Waals surface area (Å²) in [6.45, 7) is 6.04. The van der Waals surface area contributed by atoms with Gasteiger partial charge in [0.05, 0.1) is 11.9 Å². The third kappa shape index (κ3) is 6.02. The third-order valence-electron chi connectivity index (χ3n) is 8.24. The lowest BCUT2D eigenvalue weighted by molar-refractivity contribution is -0.131. The van der Waals surface area contributed by atoms with Crippen LogP contribution in [0.3, 0.4) is 0 Å². The SMILES string of the molecule is Cc1cc(C(Nc2ccc3cc[nH]c(=O)c3c2)C(=O)N(C)Cc2cc(N=O)ccc2-c2cnc(C)n2C)ccc1[C@@H](C)CO. The van der Waals surface area contributed by atoms with Crippen molar-refractivity contribution in [3.05, 3.63) is 116 Å². The smallest absolute Gasteiger partial charge is 0.255 e. The van der Waals surface area contributed by atoms with E-state index in [1.54, 1.807) is 42.5 Å². The van der Waals surface area contributed by atoms with Gasteiger partial charge in [0.15, 0.2) is 0 Å². The zero-order valence-electron chi connectivity index (χ0n) is 25.5. The molecule has 2 aromatic heterocycles. The lowest BCUT2D eigenvalue weighted by Crippen LogP contribution is -2.35. The number of fused-ring (bicyclic) bond motifs is 1. The fraction of sp³-hybridized carbons (Fsp3) is 0.265. The number of aliphatic hydroxyl groups is 1. The number of hydrogen-bond donors (Lipinski definition) is 3. The van der Waals surface area contributed by atoms with Crippen LogP contribution in [0.4, 0.5) is 11.4 Å². The molecule has 3 aromatic carbocycles. The first-order chi connectivity index (χ1) is 21.1. The first kappa shape index (κ1) is 30.4. The van der Waals surface area contributed by atoms with Gasteiger partial charge in [-0.3, -0.25) is 9.59 Å². The molecule has 0 aliphatic heterocycles. The van der Waals surface area contributed by atoms with Crippen LogP contribution in [-0.4, -0.2) is 44.1 Å². The molecule has 1 unspecified atom stereocenters. The van der Waals surface area contributed by atoms with E-state index in [9.17, 15) is 19.6 Å².